The molecule has 160 valence electrons. The molecule has 0 saturated heterocycles. The summed E-state index contributed by atoms with van der Waals surface area (Å²) in [6.45, 7) is 7.69. The van der Waals surface area contributed by atoms with Crippen molar-refractivity contribution in [3.05, 3.63) is 116 Å². The Morgan fingerprint density at radius 2 is 1.97 bits per heavy atom. The Bertz CT molecular complexity index is 1410. The van der Waals surface area contributed by atoms with Gasteiger partial charge in [0, 0.05) is 29.0 Å². The summed E-state index contributed by atoms with van der Waals surface area (Å²) >= 11 is 3.44. The molecule has 1 aromatic carbocycles. The number of carbonyl (C=O) groups excluding carboxylic acids is 1. The third kappa shape index (κ3) is 4.06. The normalized spacial score (nSPS) is 12.0. The molecule has 32 heavy (non-hydrogen) atoms. The summed E-state index contributed by atoms with van der Waals surface area (Å²) in [6.07, 6.45) is 5.57. The Morgan fingerprint density at radius 1 is 1.19 bits per heavy atom. The summed E-state index contributed by atoms with van der Waals surface area (Å²) in [7, 11) is 0. The van der Waals surface area contributed by atoms with Crippen molar-refractivity contribution in [1.29, 1.82) is 0 Å². The summed E-state index contributed by atoms with van der Waals surface area (Å²) < 4.78 is 2.67. The van der Waals surface area contributed by atoms with E-state index in [0.29, 0.717) is 22.0 Å². The van der Waals surface area contributed by atoms with Crippen molar-refractivity contribution in [2.45, 2.75) is 26.3 Å². The third-order valence-corrected chi connectivity index (χ3v) is 6.03. The fraction of sp³-hybridized carbons (Fsp3) is 0.154. The van der Waals surface area contributed by atoms with Crippen LogP contribution in [0, 0.1) is 13.8 Å². The number of carbonyl (C=O) groups is 1. The van der Waals surface area contributed by atoms with Gasteiger partial charge in [-0.25, -0.2) is 4.98 Å². The second-order valence-electron chi connectivity index (χ2n) is 7.68. The van der Waals surface area contributed by atoms with E-state index in [2.05, 4.69) is 32.5 Å². The zero-order valence-electron chi connectivity index (χ0n) is 17.9. The molecule has 0 N–H and O–H groups in total. The zero-order valence-corrected chi connectivity index (χ0v) is 19.5. The van der Waals surface area contributed by atoms with Crippen molar-refractivity contribution in [1.82, 2.24) is 14.5 Å². The van der Waals surface area contributed by atoms with Crippen LogP contribution in [-0.2, 0) is 0 Å². The Labute approximate surface area is 194 Å². The number of allylic oxidation sites excluding steroid dienone is 1. The van der Waals surface area contributed by atoms with Gasteiger partial charge in [-0.05, 0) is 72.1 Å². The lowest BCUT2D eigenvalue weighted by atomic mass is 10.0. The van der Waals surface area contributed by atoms with E-state index in [1.807, 2.05) is 54.8 Å². The van der Waals surface area contributed by atoms with Crippen LogP contribution in [-0.4, -0.2) is 20.3 Å². The summed E-state index contributed by atoms with van der Waals surface area (Å²) in [5.41, 5.74) is 3.51. The van der Waals surface area contributed by atoms with Gasteiger partial charge in [0.2, 0.25) is 5.43 Å². The highest BCUT2D eigenvalue weighted by Crippen LogP contribution is 2.27. The van der Waals surface area contributed by atoms with Crippen molar-refractivity contribution in [3.63, 3.8) is 0 Å². The van der Waals surface area contributed by atoms with Crippen molar-refractivity contribution < 1.29 is 4.79 Å². The molecule has 0 bridgehead atoms. The molecule has 3 aromatic heterocycles. The number of hydrogen-bond acceptors (Lipinski definition) is 4. The number of halogens is 1. The molecule has 6 heteroatoms. The SMILES string of the molecule is C=CCC(c1cccc(Br)n1)n1cc(C(=O)c2cnc(C)c(C)c2)c(=O)c2ccccc21. The van der Waals surface area contributed by atoms with Gasteiger partial charge in [-0.1, -0.05) is 24.3 Å². The number of aryl methyl sites for hydroxylation is 2. The number of ketones is 1. The average Bonchev–Trinajstić information content (AvgIpc) is 2.79. The van der Waals surface area contributed by atoms with Gasteiger partial charge in [0.15, 0.2) is 5.78 Å². The predicted molar refractivity (Wildman–Crippen MR) is 130 cm³/mol. The van der Waals surface area contributed by atoms with Crippen LogP contribution in [0.4, 0.5) is 0 Å². The lowest BCUT2D eigenvalue weighted by molar-refractivity contribution is 0.103. The van der Waals surface area contributed by atoms with E-state index in [9.17, 15) is 9.59 Å². The number of rotatable bonds is 6. The van der Waals surface area contributed by atoms with E-state index in [1.165, 1.54) is 6.20 Å². The second kappa shape index (κ2) is 9.01. The minimum atomic E-state index is -0.343. The van der Waals surface area contributed by atoms with E-state index in [4.69, 9.17) is 0 Å². The monoisotopic (exact) mass is 487 g/mol. The van der Waals surface area contributed by atoms with Crippen LogP contribution in [0.25, 0.3) is 10.9 Å². The summed E-state index contributed by atoms with van der Waals surface area (Å²) in [5, 5.41) is 0.485. The van der Waals surface area contributed by atoms with E-state index >= 15 is 0 Å². The molecule has 4 rings (SSSR count). The van der Waals surface area contributed by atoms with Crippen molar-refractivity contribution in [2.24, 2.45) is 0 Å². The third-order valence-electron chi connectivity index (χ3n) is 5.59. The number of fused-ring (bicyclic) bond motifs is 1. The van der Waals surface area contributed by atoms with E-state index in [-0.39, 0.29) is 22.8 Å². The van der Waals surface area contributed by atoms with E-state index in [0.717, 1.165) is 22.5 Å². The maximum atomic E-state index is 13.4. The number of pyridine rings is 3. The Morgan fingerprint density at radius 3 is 2.69 bits per heavy atom. The number of hydrogen-bond donors (Lipinski definition) is 0. The summed E-state index contributed by atoms with van der Waals surface area (Å²) in [6, 6.07) is 14.6. The highest BCUT2D eigenvalue weighted by Gasteiger charge is 2.22. The number of para-hydroxylation sites is 1. The van der Waals surface area contributed by atoms with Gasteiger partial charge in [-0.2, -0.15) is 0 Å². The first kappa shape index (κ1) is 21.8. The van der Waals surface area contributed by atoms with Gasteiger partial charge in [0.1, 0.15) is 4.60 Å². The van der Waals surface area contributed by atoms with Gasteiger partial charge in [0.05, 0.1) is 22.8 Å². The Balaban J connectivity index is 1.97. The largest absolute Gasteiger partial charge is 0.337 e. The van der Waals surface area contributed by atoms with Crippen LogP contribution in [0.3, 0.4) is 0 Å². The highest BCUT2D eigenvalue weighted by atomic mass is 79.9. The van der Waals surface area contributed by atoms with Gasteiger partial charge in [-0.15, -0.1) is 6.58 Å². The maximum Gasteiger partial charge on any atom is 0.200 e. The molecule has 0 fully saturated rings. The first-order valence-electron chi connectivity index (χ1n) is 10.3. The van der Waals surface area contributed by atoms with Crippen LogP contribution < -0.4 is 5.43 Å². The predicted octanol–water partition coefficient (Wildman–Crippen LogP) is 5.57. The minimum absolute atomic E-state index is 0.109. The van der Waals surface area contributed by atoms with Gasteiger partial charge < -0.3 is 4.57 Å². The molecule has 0 saturated carbocycles. The fourth-order valence-electron chi connectivity index (χ4n) is 3.79. The molecule has 4 aromatic rings. The van der Waals surface area contributed by atoms with Gasteiger partial charge >= 0.3 is 0 Å². The zero-order chi connectivity index (χ0) is 22.8. The topological polar surface area (TPSA) is 64.8 Å². The molecule has 0 amide bonds. The molecule has 0 aliphatic carbocycles. The quantitative estimate of drug-likeness (QED) is 0.202. The van der Waals surface area contributed by atoms with Gasteiger partial charge in [0.25, 0.3) is 0 Å². The van der Waals surface area contributed by atoms with Crippen molar-refractivity contribution >= 4 is 32.6 Å². The molecule has 1 unspecified atom stereocenters. The van der Waals surface area contributed by atoms with Crippen LogP contribution in [0.5, 0.6) is 0 Å². The smallest absolute Gasteiger partial charge is 0.200 e. The fourth-order valence-corrected chi connectivity index (χ4v) is 4.15. The van der Waals surface area contributed by atoms with Crippen LogP contribution in [0.1, 0.15) is 45.3 Å². The molecule has 0 spiro atoms. The molecule has 3 heterocycles. The lowest BCUT2D eigenvalue weighted by Crippen LogP contribution is -2.23. The van der Waals surface area contributed by atoms with Gasteiger partial charge in [-0.3, -0.25) is 14.6 Å². The van der Waals surface area contributed by atoms with E-state index in [1.54, 1.807) is 24.4 Å². The molecule has 0 aliphatic heterocycles. The molecular weight excluding hydrogens is 466 g/mol. The standard InChI is InChI=1S/C26H22BrN3O2/c1-4-8-23(21-10-7-12-24(27)29-21)30-15-20(26(32)19-9-5-6-11-22(19)30)25(31)18-13-16(2)17(3)28-14-18/h4-7,9-15,23H,1,8H2,2-3H3. The van der Waals surface area contributed by atoms with Crippen molar-refractivity contribution in [2.75, 3.05) is 0 Å². The average molecular weight is 488 g/mol. The number of aromatic nitrogens is 3. The maximum absolute atomic E-state index is 13.4. The van der Waals surface area contributed by atoms with Crippen molar-refractivity contribution in [3.8, 4) is 0 Å². The Kier molecular flexibility index (Phi) is 6.15. The number of benzene rings is 1. The second-order valence-corrected chi connectivity index (χ2v) is 8.49. The highest BCUT2D eigenvalue weighted by molar-refractivity contribution is 9.10. The molecule has 5 nitrogen and oxygen atoms in total. The Hall–Kier alpha value is -3.38. The minimum Gasteiger partial charge on any atom is -0.337 e. The summed E-state index contributed by atoms with van der Waals surface area (Å²) in [5.74, 6) is -0.343. The number of nitrogens with zero attached hydrogens (tertiary/aromatic N) is 3. The van der Waals surface area contributed by atoms with Crippen LogP contribution >= 0.6 is 15.9 Å². The van der Waals surface area contributed by atoms with E-state index < -0.39 is 0 Å². The van der Waals surface area contributed by atoms with Crippen LogP contribution in [0.2, 0.25) is 0 Å². The molecular formula is C26H22BrN3O2. The molecule has 1 atom stereocenters. The lowest BCUT2D eigenvalue weighted by Gasteiger charge is -2.22. The first-order valence-corrected chi connectivity index (χ1v) is 11.0. The molecule has 0 aliphatic rings. The van der Waals surface area contributed by atoms with Crippen LogP contribution in [0.15, 0.2) is 83.0 Å². The first-order chi connectivity index (χ1) is 15.4. The molecule has 0 radical (unpaired) electrons. The summed E-state index contributed by atoms with van der Waals surface area (Å²) in [4.78, 5) is 35.7.